The summed E-state index contributed by atoms with van der Waals surface area (Å²) in [6.45, 7) is 10.6. The van der Waals surface area contributed by atoms with E-state index in [2.05, 4.69) is 73.2 Å². The molecule has 0 aliphatic heterocycles. The molecule has 3 N–H and O–H groups in total. The molecule has 0 heterocycles. The molecule has 0 aliphatic carbocycles. The molecule has 0 amide bonds. The molecule has 2 nitrogen and oxygen atoms in total. The molecule has 0 spiro atoms. The maximum absolute atomic E-state index is 5.64. The molecule has 102 valence electrons. The number of halogens is 1. The monoisotopic (exact) mass is 312 g/mol. The Labute approximate surface area is 119 Å². The van der Waals surface area contributed by atoms with Gasteiger partial charge < -0.3 is 11.1 Å². The van der Waals surface area contributed by atoms with Crippen molar-refractivity contribution in [2.45, 2.75) is 45.1 Å². The van der Waals surface area contributed by atoms with Crippen LogP contribution < -0.4 is 11.1 Å². The summed E-state index contributed by atoms with van der Waals surface area (Å²) in [5.41, 5.74) is 7.18. The summed E-state index contributed by atoms with van der Waals surface area (Å²) < 4.78 is 1.13. The lowest BCUT2D eigenvalue weighted by atomic mass is 9.83. The first-order chi connectivity index (χ1) is 8.27. The minimum Gasteiger partial charge on any atom is -0.330 e. The van der Waals surface area contributed by atoms with Crippen molar-refractivity contribution >= 4 is 15.9 Å². The third kappa shape index (κ3) is 4.71. The van der Waals surface area contributed by atoms with Crippen LogP contribution in [-0.2, 0) is 5.41 Å². The number of nitrogens with two attached hydrogens (primary N) is 1. The van der Waals surface area contributed by atoms with Crippen LogP contribution in [0.3, 0.4) is 0 Å². The predicted octanol–water partition coefficient (Wildman–Crippen LogP) is 3.44. The lowest BCUT2D eigenvalue weighted by molar-refractivity contribution is 0.325. The molecule has 1 rings (SSSR count). The predicted molar refractivity (Wildman–Crippen MR) is 82.9 cm³/mol. The van der Waals surface area contributed by atoms with Crippen molar-refractivity contribution in [2.75, 3.05) is 13.1 Å². The van der Waals surface area contributed by atoms with Gasteiger partial charge in [-0.3, -0.25) is 0 Å². The van der Waals surface area contributed by atoms with Crippen LogP contribution in [0.1, 0.15) is 39.7 Å². The number of hydrogen-bond donors (Lipinski definition) is 2. The zero-order valence-electron chi connectivity index (χ0n) is 11.9. The maximum Gasteiger partial charge on any atom is 0.0178 e. The molecule has 0 saturated carbocycles. The van der Waals surface area contributed by atoms with Gasteiger partial charge in [0.15, 0.2) is 0 Å². The van der Waals surface area contributed by atoms with E-state index in [-0.39, 0.29) is 11.0 Å². The Morgan fingerprint density at radius 2 is 1.89 bits per heavy atom. The van der Waals surface area contributed by atoms with Gasteiger partial charge in [-0.1, -0.05) is 41.9 Å². The largest absolute Gasteiger partial charge is 0.330 e. The van der Waals surface area contributed by atoms with E-state index in [4.69, 9.17) is 5.73 Å². The molecule has 1 aromatic rings. The Balaban J connectivity index is 2.70. The van der Waals surface area contributed by atoms with Crippen LogP contribution in [0, 0.1) is 0 Å². The zero-order valence-corrected chi connectivity index (χ0v) is 13.5. The standard InChI is InChI=1S/C15H25BrN2/c1-14(2,11-18-15(3,4)8-9-17)12-6-5-7-13(16)10-12/h5-7,10,18H,8-9,11,17H2,1-4H3. The highest BCUT2D eigenvalue weighted by Gasteiger charge is 2.24. The SMILES string of the molecule is CC(C)(CCN)NCC(C)(C)c1cccc(Br)c1. The summed E-state index contributed by atoms with van der Waals surface area (Å²) >= 11 is 3.53. The van der Waals surface area contributed by atoms with Gasteiger partial charge in [0, 0.05) is 22.0 Å². The van der Waals surface area contributed by atoms with Crippen molar-refractivity contribution in [3.05, 3.63) is 34.3 Å². The number of rotatable bonds is 6. The second kappa shape index (κ2) is 6.18. The quantitative estimate of drug-likeness (QED) is 0.844. The second-order valence-corrected chi connectivity index (χ2v) is 7.09. The van der Waals surface area contributed by atoms with Gasteiger partial charge >= 0.3 is 0 Å². The third-order valence-electron chi connectivity index (χ3n) is 3.38. The Bertz CT molecular complexity index is 386. The fourth-order valence-electron chi connectivity index (χ4n) is 1.92. The smallest absolute Gasteiger partial charge is 0.0178 e. The van der Waals surface area contributed by atoms with Gasteiger partial charge in [0.05, 0.1) is 0 Å². The summed E-state index contributed by atoms with van der Waals surface area (Å²) in [6, 6.07) is 8.53. The van der Waals surface area contributed by atoms with E-state index < -0.39 is 0 Å². The van der Waals surface area contributed by atoms with Crippen molar-refractivity contribution in [2.24, 2.45) is 5.73 Å². The molecular formula is C15H25BrN2. The molecule has 0 aromatic heterocycles. The molecule has 0 saturated heterocycles. The summed E-state index contributed by atoms with van der Waals surface area (Å²) in [5, 5.41) is 3.62. The van der Waals surface area contributed by atoms with Crippen LogP contribution in [0.2, 0.25) is 0 Å². The summed E-state index contributed by atoms with van der Waals surface area (Å²) in [7, 11) is 0. The number of nitrogens with one attached hydrogen (secondary N) is 1. The maximum atomic E-state index is 5.64. The normalized spacial score (nSPS) is 12.8. The van der Waals surface area contributed by atoms with E-state index in [1.807, 2.05) is 0 Å². The fourth-order valence-corrected chi connectivity index (χ4v) is 2.32. The highest BCUT2D eigenvalue weighted by atomic mass is 79.9. The Morgan fingerprint density at radius 1 is 1.22 bits per heavy atom. The van der Waals surface area contributed by atoms with Gasteiger partial charge in [0.2, 0.25) is 0 Å². The van der Waals surface area contributed by atoms with Crippen LogP contribution in [0.25, 0.3) is 0 Å². The van der Waals surface area contributed by atoms with Gasteiger partial charge in [-0.25, -0.2) is 0 Å². The molecule has 0 fully saturated rings. The average molecular weight is 313 g/mol. The molecular weight excluding hydrogens is 288 g/mol. The lowest BCUT2D eigenvalue weighted by Gasteiger charge is -2.33. The van der Waals surface area contributed by atoms with Crippen molar-refractivity contribution < 1.29 is 0 Å². The van der Waals surface area contributed by atoms with Gasteiger partial charge in [-0.15, -0.1) is 0 Å². The van der Waals surface area contributed by atoms with E-state index in [1.165, 1.54) is 5.56 Å². The third-order valence-corrected chi connectivity index (χ3v) is 3.88. The number of hydrogen-bond acceptors (Lipinski definition) is 2. The van der Waals surface area contributed by atoms with Crippen molar-refractivity contribution in [1.82, 2.24) is 5.32 Å². The van der Waals surface area contributed by atoms with Crippen molar-refractivity contribution in [3.63, 3.8) is 0 Å². The Morgan fingerprint density at radius 3 is 2.44 bits per heavy atom. The molecule has 0 unspecified atom stereocenters. The first-order valence-electron chi connectivity index (χ1n) is 6.48. The second-order valence-electron chi connectivity index (χ2n) is 6.17. The first-order valence-corrected chi connectivity index (χ1v) is 7.27. The van der Waals surface area contributed by atoms with Crippen LogP contribution in [0.15, 0.2) is 28.7 Å². The van der Waals surface area contributed by atoms with Crippen molar-refractivity contribution in [3.8, 4) is 0 Å². The lowest BCUT2D eigenvalue weighted by Crippen LogP contribution is -2.46. The van der Waals surface area contributed by atoms with Crippen LogP contribution in [0.5, 0.6) is 0 Å². The highest BCUT2D eigenvalue weighted by molar-refractivity contribution is 9.10. The molecule has 3 heteroatoms. The summed E-state index contributed by atoms with van der Waals surface area (Å²) in [6.07, 6.45) is 0.988. The molecule has 18 heavy (non-hydrogen) atoms. The van der Waals surface area contributed by atoms with E-state index in [0.29, 0.717) is 0 Å². The molecule has 0 aliphatic rings. The van der Waals surface area contributed by atoms with E-state index >= 15 is 0 Å². The molecule has 0 atom stereocenters. The fraction of sp³-hybridized carbons (Fsp3) is 0.600. The van der Waals surface area contributed by atoms with E-state index in [0.717, 1.165) is 24.0 Å². The van der Waals surface area contributed by atoms with Crippen molar-refractivity contribution in [1.29, 1.82) is 0 Å². The highest BCUT2D eigenvalue weighted by Crippen LogP contribution is 2.26. The van der Waals surface area contributed by atoms with Gasteiger partial charge in [0.25, 0.3) is 0 Å². The molecule has 0 radical (unpaired) electrons. The van der Waals surface area contributed by atoms with Gasteiger partial charge in [0.1, 0.15) is 0 Å². The summed E-state index contributed by atoms with van der Waals surface area (Å²) in [5.74, 6) is 0. The van der Waals surface area contributed by atoms with Crippen LogP contribution >= 0.6 is 15.9 Å². The molecule has 1 aromatic carbocycles. The van der Waals surface area contributed by atoms with Crippen LogP contribution in [-0.4, -0.2) is 18.6 Å². The first kappa shape index (κ1) is 15.7. The van der Waals surface area contributed by atoms with E-state index in [9.17, 15) is 0 Å². The van der Waals surface area contributed by atoms with E-state index in [1.54, 1.807) is 0 Å². The minimum atomic E-state index is 0.0953. The summed E-state index contributed by atoms with van der Waals surface area (Å²) in [4.78, 5) is 0. The Kier molecular flexibility index (Phi) is 5.38. The van der Waals surface area contributed by atoms with Crippen LogP contribution in [0.4, 0.5) is 0 Å². The van der Waals surface area contributed by atoms with Gasteiger partial charge in [-0.05, 0) is 44.5 Å². The molecule has 0 bridgehead atoms. The van der Waals surface area contributed by atoms with Gasteiger partial charge in [-0.2, -0.15) is 0 Å². The minimum absolute atomic E-state index is 0.0953. The topological polar surface area (TPSA) is 38.0 Å². The zero-order chi connectivity index (χ0) is 13.8. The average Bonchev–Trinajstić information content (AvgIpc) is 2.27. The Hall–Kier alpha value is -0.380. The number of benzene rings is 1.